The van der Waals surface area contributed by atoms with Gasteiger partial charge in [0.25, 0.3) is 0 Å². The molecule has 0 fully saturated rings. The molecule has 5 rings (SSSR count). The number of ether oxygens (including phenoxy) is 1. The molecule has 0 amide bonds. The summed E-state index contributed by atoms with van der Waals surface area (Å²) < 4.78 is 7.57. The van der Waals surface area contributed by atoms with Crippen LogP contribution in [0.2, 0.25) is 0 Å². The Morgan fingerprint density at radius 1 is 1.03 bits per heavy atom. The first-order valence-electron chi connectivity index (χ1n) is 10.5. The Morgan fingerprint density at radius 2 is 1.88 bits per heavy atom. The van der Waals surface area contributed by atoms with E-state index in [1.165, 1.54) is 10.8 Å². The average molecular weight is 425 g/mol. The first-order valence-corrected chi connectivity index (χ1v) is 10.5. The molecule has 0 bridgehead atoms. The van der Waals surface area contributed by atoms with Crippen molar-refractivity contribution in [3.63, 3.8) is 0 Å². The Hall–Kier alpha value is -4.06. The molecule has 0 saturated heterocycles. The average Bonchev–Trinajstić information content (AvgIpc) is 3.42. The fourth-order valence-electron chi connectivity index (χ4n) is 3.97. The molecule has 1 aliphatic heterocycles. The number of methoxy groups -OCH3 is 1. The largest absolute Gasteiger partial charge is 0.495 e. The summed E-state index contributed by atoms with van der Waals surface area (Å²) in [6.07, 6.45) is 7.47. The second-order valence-corrected chi connectivity index (χ2v) is 7.77. The molecule has 1 unspecified atom stereocenters. The zero-order chi connectivity index (χ0) is 22.1. The highest BCUT2D eigenvalue weighted by molar-refractivity contribution is 5.97. The topological polar surface area (TPSA) is 51.9 Å². The number of oxime groups is 1. The van der Waals surface area contributed by atoms with Crippen molar-refractivity contribution in [2.24, 2.45) is 5.16 Å². The monoisotopic (exact) mass is 424 g/mol. The van der Waals surface area contributed by atoms with Crippen LogP contribution in [-0.2, 0) is 4.84 Å². The fraction of sp³-hybridized carbons (Fsp3) is 0.154. The van der Waals surface area contributed by atoms with E-state index in [1.807, 2.05) is 72.1 Å². The normalized spacial score (nSPS) is 15.9. The fourth-order valence-corrected chi connectivity index (χ4v) is 3.97. The Kier molecular flexibility index (Phi) is 5.11. The number of amidine groups is 1. The molecule has 3 aromatic carbocycles. The van der Waals surface area contributed by atoms with Gasteiger partial charge in [-0.1, -0.05) is 59.8 Å². The minimum Gasteiger partial charge on any atom is -0.495 e. The van der Waals surface area contributed by atoms with Gasteiger partial charge in [-0.25, -0.2) is 4.98 Å². The van der Waals surface area contributed by atoms with Crippen molar-refractivity contribution < 1.29 is 9.57 Å². The van der Waals surface area contributed by atoms with Gasteiger partial charge in [0.15, 0.2) is 5.84 Å². The zero-order valence-corrected chi connectivity index (χ0v) is 18.3. The summed E-state index contributed by atoms with van der Waals surface area (Å²) in [6, 6.07) is 20.6. The van der Waals surface area contributed by atoms with Crippen LogP contribution in [0.5, 0.6) is 5.75 Å². The third-order valence-corrected chi connectivity index (χ3v) is 5.67. The molecule has 160 valence electrons. The molecule has 0 radical (unpaired) electrons. The molecule has 0 saturated carbocycles. The smallest absolute Gasteiger partial charge is 0.227 e. The molecule has 0 aliphatic carbocycles. The summed E-state index contributed by atoms with van der Waals surface area (Å²) in [5, 5.41) is 6.67. The van der Waals surface area contributed by atoms with Crippen molar-refractivity contribution >= 4 is 22.7 Å². The van der Waals surface area contributed by atoms with Crippen LogP contribution in [-0.4, -0.2) is 34.4 Å². The van der Waals surface area contributed by atoms with Crippen LogP contribution in [0, 0.1) is 6.92 Å². The number of hydrogen-bond acceptors (Lipinski definition) is 5. The number of aryl methyl sites for hydroxylation is 1. The van der Waals surface area contributed by atoms with Gasteiger partial charge in [-0.15, -0.1) is 0 Å². The Bertz CT molecular complexity index is 1330. The van der Waals surface area contributed by atoms with Crippen LogP contribution < -0.4 is 4.74 Å². The van der Waals surface area contributed by atoms with Gasteiger partial charge >= 0.3 is 0 Å². The van der Waals surface area contributed by atoms with Crippen LogP contribution in [0.1, 0.15) is 23.0 Å². The number of imidazole rings is 1. The summed E-state index contributed by atoms with van der Waals surface area (Å²) in [7, 11) is 3.67. The first kappa shape index (κ1) is 19.9. The number of hydrogen-bond donors (Lipinski definition) is 0. The lowest BCUT2D eigenvalue weighted by Gasteiger charge is -2.21. The second-order valence-electron chi connectivity index (χ2n) is 7.77. The quantitative estimate of drug-likeness (QED) is 0.435. The van der Waals surface area contributed by atoms with Gasteiger partial charge in [-0.3, -0.25) is 0 Å². The van der Waals surface area contributed by atoms with Crippen molar-refractivity contribution in [1.29, 1.82) is 0 Å². The Morgan fingerprint density at radius 3 is 2.69 bits per heavy atom. The minimum absolute atomic E-state index is 0.262. The van der Waals surface area contributed by atoms with Crippen molar-refractivity contribution in [3.8, 4) is 11.4 Å². The predicted molar refractivity (Wildman–Crippen MR) is 127 cm³/mol. The van der Waals surface area contributed by atoms with E-state index in [0.717, 1.165) is 34.1 Å². The lowest BCUT2D eigenvalue weighted by Crippen LogP contribution is -2.24. The van der Waals surface area contributed by atoms with Crippen LogP contribution in [0.3, 0.4) is 0 Å². The third-order valence-electron chi connectivity index (χ3n) is 5.67. The van der Waals surface area contributed by atoms with Crippen molar-refractivity contribution in [2.45, 2.75) is 13.2 Å². The summed E-state index contributed by atoms with van der Waals surface area (Å²) in [5.74, 6) is 1.53. The standard InChI is InChI=1S/C26H24N4O2/c1-18-16-30(17-27-18)23-13-11-19(15-24(23)31-3)12-14-25-28-32-26(29(25)2)22-10-6-8-20-7-4-5-9-21(20)22/h4-17,26H,1-3H3. The highest BCUT2D eigenvalue weighted by atomic mass is 16.7. The summed E-state index contributed by atoms with van der Waals surface area (Å²) in [4.78, 5) is 12.1. The highest BCUT2D eigenvalue weighted by Crippen LogP contribution is 2.32. The second kappa shape index (κ2) is 8.23. The molecule has 6 heteroatoms. The summed E-state index contributed by atoms with van der Waals surface area (Å²) >= 11 is 0. The molecular weight excluding hydrogens is 400 g/mol. The van der Waals surface area contributed by atoms with Gasteiger partial charge in [0.05, 0.1) is 24.8 Å². The van der Waals surface area contributed by atoms with Crippen molar-refractivity contribution in [1.82, 2.24) is 14.5 Å². The van der Waals surface area contributed by atoms with Crippen LogP contribution in [0.4, 0.5) is 0 Å². The summed E-state index contributed by atoms with van der Waals surface area (Å²) in [6.45, 7) is 1.96. The molecule has 1 aliphatic rings. The molecule has 4 aromatic rings. The maximum absolute atomic E-state index is 5.81. The maximum atomic E-state index is 5.81. The molecule has 2 heterocycles. The Balaban J connectivity index is 1.37. The SMILES string of the molecule is COc1cc(C=CC2=NOC(c3cccc4ccccc34)N2C)ccc1-n1cnc(C)c1. The van der Waals surface area contributed by atoms with Gasteiger partial charge in [0.1, 0.15) is 5.75 Å². The van der Waals surface area contributed by atoms with Gasteiger partial charge in [-0.2, -0.15) is 0 Å². The number of rotatable bonds is 5. The van der Waals surface area contributed by atoms with Crippen molar-refractivity contribution in [2.75, 3.05) is 14.2 Å². The van der Waals surface area contributed by atoms with E-state index in [-0.39, 0.29) is 6.23 Å². The number of benzene rings is 3. The van der Waals surface area contributed by atoms with Gasteiger partial charge in [0, 0.05) is 18.8 Å². The minimum atomic E-state index is -0.262. The number of nitrogens with zero attached hydrogens (tertiary/aromatic N) is 4. The van der Waals surface area contributed by atoms with E-state index < -0.39 is 0 Å². The van der Waals surface area contributed by atoms with E-state index in [2.05, 4.69) is 40.5 Å². The molecule has 6 nitrogen and oxygen atoms in total. The third kappa shape index (κ3) is 3.60. The van der Waals surface area contributed by atoms with Gasteiger partial charge in [-0.05, 0) is 41.5 Å². The molecule has 1 atom stereocenters. The lowest BCUT2D eigenvalue weighted by atomic mass is 10.0. The number of fused-ring (bicyclic) bond motifs is 1. The van der Waals surface area contributed by atoms with E-state index in [4.69, 9.17) is 9.57 Å². The van der Waals surface area contributed by atoms with E-state index in [9.17, 15) is 0 Å². The predicted octanol–water partition coefficient (Wildman–Crippen LogP) is 5.33. The summed E-state index contributed by atoms with van der Waals surface area (Å²) in [5.41, 5.74) is 4.01. The maximum Gasteiger partial charge on any atom is 0.227 e. The van der Waals surface area contributed by atoms with Crippen molar-refractivity contribution in [3.05, 3.63) is 96.1 Å². The molecule has 32 heavy (non-hydrogen) atoms. The molecule has 0 spiro atoms. The Labute approximate surface area is 187 Å². The van der Waals surface area contributed by atoms with Crippen LogP contribution in [0.15, 0.2) is 84.4 Å². The zero-order valence-electron chi connectivity index (χ0n) is 18.3. The van der Waals surface area contributed by atoms with E-state index in [0.29, 0.717) is 0 Å². The lowest BCUT2D eigenvalue weighted by molar-refractivity contribution is 0.0202. The first-order chi connectivity index (χ1) is 15.6. The number of aromatic nitrogens is 2. The van der Waals surface area contributed by atoms with E-state index >= 15 is 0 Å². The van der Waals surface area contributed by atoms with Gasteiger partial charge < -0.3 is 19.0 Å². The van der Waals surface area contributed by atoms with Gasteiger partial charge in [0.2, 0.25) is 6.23 Å². The van der Waals surface area contributed by atoms with Crippen LogP contribution in [0.25, 0.3) is 22.5 Å². The molecule has 0 N–H and O–H groups in total. The molecule has 1 aromatic heterocycles. The number of likely N-dealkylation sites (N-methyl/N-ethyl adjacent to an activating group) is 1. The molecular formula is C26H24N4O2. The van der Waals surface area contributed by atoms with Crippen LogP contribution >= 0.6 is 0 Å². The highest BCUT2D eigenvalue weighted by Gasteiger charge is 2.28. The van der Waals surface area contributed by atoms with E-state index in [1.54, 1.807) is 13.4 Å².